The van der Waals surface area contributed by atoms with Crippen molar-refractivity contribution < 1.29 is 9.53 Å². The zero-order valence-corrected chi connectivity index (χ0v) is 10.6. The lowest BCUT2D eigenvalue weighted by Crippen LogP contribution is -2.18. The minimum absolute atomic E-state index is 0.0953. The Kier molecular flexibility index (Phi) is 4.59. The molecule has 0 bridgehead atoms. The van der Waals surface area contributed by atoms with Crippen LogP contribution in [0.1, 0.15) is 31.2 Å². The first-order valence-corrected chi connectivity index (χ1v) is 6.55. The molecule has 1 aliphatic heterocycles. The first-order chi connectivity index (χ1) is 8.79. The lowest BCUT2D eigenvalue weighted by molar-refractivity contribution is -0.116. The Bertz CT molecular complexity index is 418. The van der Waals surface area contributed by atoms with Crippen LogP contribution in [0.5, 0.6) is 5.75 Å². The highest BCUT2D eigenvalue weighted by Gasteiger charge is 2.14. The summed E-state index contributed by atoms with van der Waals surface area (Å²) in [6.45, 7) is 1.48. The van der Waals surface area contributed by atoms with Crippen LogP contribution in [-0.4, -0.2) is 19.1 Å². The van der Waals surface area contributed by atoms with E-state index in [2.05, 4.69) is 5.32 Å². The average Bonchev–Trinajstić information content (AvgIpc) is 2.38. The number of fused-ring (bicyclic) bond motifs is 1. The number of aryl methyl sites for hydroxylation is 1. The largest absolute Gasteiger partial charge is 0.494 e. The van der Waals surface area contributed by atoms with Crippen molar-refractivity contribution in [3.8, 4) is 5.75 Å². The average molecular weight is 248 g/mol. The van der Waals surface area contributed by atoms with Crippen LogP contribution in [0.2, 0.25) is 0 Å². The second-order valence-electron chi connectivity index (χ2n) is 4.56. The van der Waals surface area contributed by atoms with Gasteiger partial charge in [0.05, 0.1) is 6.61 Å². The Labute approximate surface area is 108 Å². The van der Waals surface area contributed by atoms with Crippen molar-refractivity contribution in [2.24, 2.45) is 5.73 Å². The topological polar surface area (TPSA) is 64.3 Å². The molecule has 1 amide bonds. The third-order valence-electron chi connectivity index (χ3n) is 3.09. The minimum atomic E-state index is 0.0953. The molecule has 1 heterocycles. The van der Waals surface area contributed by atoms with E-state index in [-0.39, 0.29) is 5.91 Å². The highest BCUT2D eigenvalue weighted by atomic mass is 16.5. The van der Waals surface area contributed by atoms with Crippen molar-refractivity contribution in [2.45, 2.75) is 32.1 Å². The summed E-state index contributed by atoms with van der Waals surface area (Å²) in [4.78, 5) is 11.2. The third kappa shape index (κ3) is 3.47. The number of unbranched alkanes of at least 4 members (excludes halogenated alkanes) is 2. The summed E-state index contributed by atoms with van der Waals surface area (Å²) in [5, 5.41) is 2.86. The fraction of sp³-hybridized carbons (Fsp3) is 0.500. The van der Waals surface area contributed by atoms with Gasteiger partial charge in [-0.25, -0.2) is 0 Å². The number of carbonyl (C=O) groups excluding carboxylic acids is 1. The molecule has 3 N–H and O–H groups in total. The van der Waals surface area contributed by atoms with E-state index in [1.165, 1.54) is 0 Å². The predicted molar refractivity (Wildman–Crippen MR) is 71.8 cm³/mol. The maximum absolute atomic E-state index is 11.2. The molecule has 18 heavy (non-hydrogen) atoms. The van der Waals surface area contributed by atoms with Crippen LogP contribution in [0.3, 0.4) is 0 Å². The molecule has 0 fully saturated rings. The molecule has 0 atom stereocenters. The highest BCUT2D eigenvalue weighted by Crippen LogP contribution is 2.26. The van der Waals surface area contributed by atoms with Gasteiger partial charge < -0.3 is 15.8 Å². The van der Waals surface area contributed by atoms with E-state index in [9.17, 15) is 4.79 Å². The number of hydrogen-bond donors (Lipinski definition) is 2. The van der Waals surface area contributed by atoms with Crippen molar-refractivity contribution >= 4 is 11.6 Å². The van der Waals surface area contributed by atoms with E-state index in [0.717, 1.165) is 55.8 Å². The SMILES string of the molecule is NCCCCCOc1ccc2c(c1)CCC(=O)N2. The van der Waals surface area contributed by atoms with E-state index in [4.69, 9.17) is 10.5 Å². The highest BCUT2D eigenvalue weighted by molar-refractivity contribution is 5.93. The summed E-state index contributed by atoms with van der Waals surface area (Å²) >= 11 is 0. The van der Waals surface area contributed by atoms with Gasteiger partial charge in [-0.2, -0.15) is 0 Å². The molecule has 4 nitrogen and oxygen atoms in total. The van der Waals surface area contributed by atoms with E-state index < -0.39 is 0 Å². The standard InChI is InChI=1S/C14H20N2O2/c15-8-2-1-3-9-18-12-5-6-13-11(10-12)4-7-14(17)16-13/h5-6,10H,1-4,7-9,15H2,(H,16,17). The fourth-order valence-corrected chi connectivity index (χ4v) is 2.06. The zero-order valence-electron chi connectivity index (χ0n) is 10.6. The predicted octanol–water partition coefficient (Wildman–Crippen LogP) is 2.08. The monoisotopic (exact) mass is 248 g/mol. The van der Waals surface area contributed by atoms with Crippen LogP contribution < -0.4 is 15.8 Å². The lowest BCUT2D eigenvalue weighted by atomic mass is 10.0. The summed E-state index contributed by atoms with van der Waals surface area (Å²) in [6.07, 6.45) is 4.56. The number of anilines is 1. The Balaban J connectivity index is 1.85. The minimum Gasteiger partial charge on any atom is -0.494 e. The lowest BCUT2D eigenvalue weighted by Gasteiger charge is -2.17. The molecule has 0 spiro atoms. The van der Waals surface area contributed by atoms with Crippen molar-refractivity contribution in [2.75, 3.05) is 18.5 Å². The second kappa shape index (κ2) is 6.40. The molecule has 0 aliphatic carbocycles. The van der Waals surface area contributed by atoms with Gasteiger partial charge >= 0.3 is 0 Å². The maximum Gasteiger partial charge on any atom is 0.224 e. The molecule has 0 radical (unpaired) electrons. The van der Waals surface area contributed by atoms with Gasteiger partial charge in [0.25, 0.3) is 0 Å². The summed E-state index contributed by atoms with van der Waals surface area (Å²) in [7, 11) is 0. The number of nitrogens with one attached hydrogen (secondary N) is 1. The van der Waals surface area contributed by atoms with Crippen LogP contribution in [0.4, 0.5) is 5.69 Å². The molecule has 1 aliphatic rings. The molecule has 0 saturated carbocycles. The smallest absolute Gasteiger partial charge is 0.224 e. The van der Waals surface area contributed by atoms with Gasteiger partial charge in [0.15, 0.2) is 0 Å². The second-order valence-corrected chi connectivity index (χ2v) is 4.56. The van der Waals surface area contributed by atoms with E-state index >= 15 is 0 Å². The third-order valence-corrected chi connectivity index (χ3v) is 3.09. The van der Waals surface area contributed by atoms with Gasteiger partial charge in [-0.1, -0.05) is 0 Å². The number of ether oxygens (including phenoxy) is 1. The van der Waals surface area contributed by atoms with E-state index in [0.29, 0.717) is 6.42 Å². The summed E-state index contributed by atoms with van der Waals surface area (Å²) in [6, 6.07) is 5.85. The number of carbonyl (C=O) groups is 1. The zero-order chi connectivity index (χ0) is 12.8. The number of amides is 1. The Hall–Kier alpha value is -1.55. The molecule has 0 unspecified atom stereocenters. The van der Waals surface area contributed by atoms with E-state index in [1.54, 1.807) is 0 Å². The molecule has 0 saturated heterocycles. The number of nitrogens with two attached hydrogens (primary N) is 1. The van der Waals surface area contributed by atoms with Gasteiger partial charge in [-0.3, -0.25) is 4.79 Å². The van der Waals surface area contributed by atoms with Gasteiger partial charge in [0.2, 0.25) is 5.91 Å². The van der Waals surface area contributed by atoms with Crippen LogP contribution in [0, 0.1) is 0 Å². The van der Waals surface area contributed by atoms with Crippen molar-refractivity contribution in [1.82, 2.24) is 0 Å². The van der Waals surface area contributed by atoms with Crippen LogP contribution in [0.25, 0.3) is 0 Å². The summed E-state index contributed by atoms with van der Waals surface area (Å²) in [5.41, 5.74) is 7.51. The van der Waals surface area contributed by atoms with Crippen molar-refractivity contribution in [3.05, 3.63) is 23.8 Å². The molecular weight excluding hydrogens is 228 g/mol. The molecule has 1 aromatic carbocycles. The van der Waals surface area contributed by atoms with Crippen LogP contribution in [-0.2, 0) is 11.2 Å². The van der Waals surface area contributed by atoms with Gasteiger partial charge in [-0.05, 0) is 56.0 Å². The fourth-order valence-electron chi connectivity index (χ4n) is 2.06. The number of rotatable bonds is 6. The number of benzene rings is 1. The molecular formula is C14H20N2O2. The number of hydrogen-bond acceptors (Lipinski definition) is 3. The Morgan fingerprint density at radius 1 is 1.22 bits per heavy atom. The van der Waals surface area contributed by atoms with Crippen molar-refractivity contribution in [1.29, 1.82) is 0 Å². The quantitative estimate of drug-likeness (QED) is 0.757. The Morgan fingerprint density at radius 3 is 2.94 bits per heavy atom. The summed E-state index contributed by atoms with van der Waals surface area (Å²) in [5.74, 6) is 0.982. The van der Waals surface area contributed by atoms with Gasteiger partial charge in [-0.15, -0.1) is 0 Å². The molecule has 1 aromatic rings. The molecule has 98 valence electrons. The molecule has 2 rings (SSSR count). The maximum atomic E-state index is 11.2. The van der Waals surface area contributed by atoms with E-state index in [1.807, 2.05) is 18.2 Å². The van der Waals surface area contributed by atoms with Gasteiger partial charge in [0, 0.05) is 12.1 Å². The molecule has 4 heteroatoms. The first-order valence-electron chi connectivity index (χ1n) is 6.55. The summed E-state index contributed by atoms with van der Waals surface area (Å²) < 4.78 is 5.69. The van der Waals surface area contributed by atoms with Gasteiger partial charge in [0.1, 0.15) is 5.75 Å². The normalized spacial score (nSPS) is 13.9. The first kappa shape index (κ1) is 12.9. The van der Waals surface area contributed by atoms with Crippen LogP contribution in [0.15, 0.2) is 18.2 Å². The van der Waals surface area contributed by atoms with Crippen LogP contribution >= 0.6 is 0 Å². The van der Waals surface area contributed by atoms with Crippen molar-refractivity contribution in [3.63, 3.8) is 0 Å². The Morgan fingerprint density at radius 2 is 2.11 bits per heavy atom. The molecule has 0 aromatic heterocycles.